The van der Waals surface area contributed by atoms with Crippen LogP contribution in [0.1, 0.15) is 18.1 Å². The summed E-state index contributed by atoms with van der Waals surface area (Å²) in [6.07, 6.45) is 0. The lowest BCUT2D eigenvalue weighted by Gasteiger charge is -2.13. The van der Waals surface area contributed by atoms with Gasteiger partial charge in [-0.15, -0.1) is 0 Å². The number of aryl methyl sites for hydroxylation is 1. The molecule has 3 rings (SSSR count). The number of benzene rings is 2. The summed E-state index contributed by atoms with van der Waals surface area (Å²) < 4.78 is 13.0. The fourth-order valence-electron chi connectivity index (χ4n) is 2.44. The highest BCUT2D eigenvalue weighted by atomic mass is 35.5. The fourth-order valence-corrected chi connectivity index (χ4v) is 2.63. The maximum atomic E-state index is 6.17. The lowest BCUT2D eigenvalue weighted by molar-refractivity contribution is 0.284. The highest BCUT2D eigenvalue weighted by molar-refractivity contribution is 6.31. The van der Waals surface area contributed by atoms with Crippen molar-refractivity contribution in [3.8, 4) is 11.5 Å². The zero-order valence-electron chi connectivity index (χ0n) is 14.6. The molecule has 0 spiro atoms. The van der Waals surface area contributed by atoms with E-state index < -0.39 is 0 Å². The first kappa shape index (κ1) is 18.0. The Morgan fingerprint density at radius 2 is 2.00 bits per heavy atom. The molecule has 0 aliphatic carbocycles. The molecule has 7 nitrogen and oxygen atoms in total. The van der Waals surface area contributed by atoms with Crippen molar-refractivity contribution in [3.05, 3.63) is 58.6 Å². The smallest absolute Gasteiger partial charge is 0.243 e. The Labute approximate surface area is 156 Å². The minimum atomic E-state index is 0.374. The molecule has 0 saturated heterocycles. The summed E-state index contributed by atoms with van der Waals surface area (Å²) in [4.78, 5) is 0. The molecule has 136 valence electrons. The quantitative estimate of drug-likeness (QED) is 0.651. The van der Waals surface area contributed by atoms with Crippen molar-refractivity contribution in [1.82, 2.24) is 20.2 Å². The van der Waals surface area contributed by atoms with Crippen molar-refractivity contribution in [2.45, 2.75) is 26.6 Å². The zero-order chi connectivity index (χ0) is 18.4. The second kappa shape index (κ2) is 8.53. The van der Waals surface area contributed by atoms with Crippen LogP contribution in [0.25, 0.3) is 0 Å². The summed E-state index contributed by atoms with van der Waals surface area (Å²) in [5.74, 6) is 1.95. The second-order valence-electron chi connectivity index (χ2n) is 5.54. The van der Waals surface area contributed by atoms with Crippen LogP contribution in [0.15, 0.2) is 42.5 Å². The lowest BCUT2D eigenvalue weighted by Crippen LogP contribution is -2.08. The average Bonchev–Trinajstić information content (AvgIpc) is 3.13. The van der Waals surface area contributed by atoms with Crippen molar-refractivity contribution in [3.63, 3.8) is 0 Å². The van der Waals surface area contributed by atoms with Crippen molar-refractivity contribution < 1.29 is 9.47 Å². The summed E-state index contributed by atoms with van der Waals surface area (Å²) in [5, 5.41) is 15.4. The largest absolute Gasteiger partial charge is 0.493 e. The Hall–Kier alpha value is -2.80. The van der Waals surface area contributed by atoms with Gasteiger partial charge in [-0.25, -0.2) is 4.68 Å². The van der Waals surface area contributed by atoms with Gasteiger partial charge in [0.1, 0.15) is 6.61 Å². The van der Waals surface area contributed by atoms with E-state index in [1.807, 2.05) is 49.4 Å². The summed E-state index contributed by atoms with van der Waals surface area (Å²) in [5.41, 5.74) is 1.95. The molecule has 0 aliphatic rings. The molecule has 8 heteroatoms. The van der Waals surface area contributed by atoms with Gasteiger partial charge in [0, 0.05) is 23.7 Å². The topological polar surface area (TPSA) is 74.1 Å². The first-order valence-electron chi connectivity index (χ1n) is 8.24. The first-order valence-corrected chi connectivity index (χ1v) is 8.62. The number of nitrogens with one attached hydrogen (secondary N) is 1. The molecule has 1 N–H and O–H groups in total. The predicted octanol–water partition coefficient (Wildman–Crippen LogP) is 3.55. The average molecular weight is 374 g/mol. The Balaban J connectivity index is 1.66. The molecule has 0 saturated carbocycles. The Kier molecular flexibility index (Phi) is 5.91. The molecule has 0 fully saturated rings. The number of ether oxygens (including phenoxy) is 2. The molecule has 0 bridgehead atoms. The minimum Gasteiger partial charge on any atom is -0.493 e. The van der Waals surface area contributed by atoms with E-state index in [9.17, 15) is 0 Å². The van der Waals surface area contributed by atoms with Crippen LogP contribution in [-0.4, -0.2) is 27.3 Å². The van der Waals surface area contributed by atoms with Crippen molar-refractivity contribution in [2.75, 3.05) is 12.4 Å². The maximum absolute atomic E-state index is 6.17. The van der Waals surface area contributed by atoms with E-state index in [4.69, 9.17) is 21.1 Å². The molecule has 0 atom stereocenters. The van der Waals surface area contributed by atoms with E-state index in [0.717, 1.165) is 11.1 Å². The molecule has 1 heterocycles. The number of anilines is 1. The van der Waals surface area contributed by atoms with Crippen LogP contribution >= 0.6 is 11.6 Å². The summed E-state index contributed by atoms with van der Waals surface area (Å²) in [6.45, 7) is 3.63. The van der Waals surface area contributed by atoms with E-state index in [-0.39, 0.29) is 0 Å². The van der Waals surface area contributed by atoms with Crippen molar-refractivity contribution in [1.29, 1.82) is 0 Å². The molecule has 0 amide bonds. The maximum Gasteiger partial charge on any atom is 0.243 e. The third-order valence-electron chi connectivity index (χ3n) is 3.85. The molecular weight excluding hydrogens is 354 g/mol. The first-order chi connectivity index (χ1) is 12.7. The van der Waals surface area contributed by atoms with Gasteiger partial charge < -0.3 is 14.8 Å². The molecule has 0 radical (unpaired) electrons. The molecule has 3 aromatic rings. The van der Waals surface area contributed by atoms with E-state index in [1.165, 1.54) is 0 Å². The number of rotatable bonds is 8. The van der Waals surface area contributed by atoms with Crippen LogP contribution in [0.4, 0.5) is 5.95 Å². The number of halogens is 1. The molecule has 0 unspecified atom stereocenters. The Morgan fingerprint density at radius 1 is 1.15 bits per heavy atom. The van der Waals surface area contributed by atoms with Crippen LogP contribution in [0.5, 0.6) is 11.5 Å². The minimum absolute atomic E-state index is 0.374. The monoisotopic (exact) mass is 373 g/mol. The van der Waals surface area contributed by atoms with Gasteiger partial charge in [-0.3, -0.25) is 0 Å². The number of tetrazole rings is 1. The van der Waals surface area contributed by atoms with Crippen LogP contribution in [0.3, 0.4) is 0 Å². The molecule has 1 aromatic heterocycles. The van der Waals surface area contributed by atoms with Crippen LogP contribution in [-0.2, 0) is 19.7 Å². The summed E-state index contributed by atoms with van der Waals surface area (Å²) >= 11 is 6.17. The van der Waals surface area contributed by atoms with Crippen molar-refractivity contribution in [2.24, 2.45) is 0 Å². The van der Waals surface area contributed by atoms with E-state index >= 15 is 0 Å². The third kappa shape index (κ3) is 4.23. The summed E-state index contributed by atoms with van der Waals surface area (Å²) in [7, 11) is 1.62. The number of aromatic nitrogens is 4. The molecule has 26 heavy (non-hydrogen) atoms. The van der Waals surface area contributed by atoms with Gasteiger partial charge in [0.2, 0.25) is 5.95 Å². The van der Waals surface area contributed by atoms with Crippen LogP contribution in [0.2, 0.25) is 5.02 Å². The number of nitrogens with zero attached hydrogens (tertiary/aromatic N) is 4. The van der Waals surface area contributed by atoms with Crippen LogP contribution < -0.4 is 14.8 Å². The van der Waals surface area contributed by atoms with Crippen LogP contribution in [0, 0.1) is 0 Å². The number of methoxy groups -OCH3 is 1. The lowest BCUT2D eigenvalue weighted by atomic mass is 10.2. The number of hydrogen-bond acceptors (Lipinski definition) is 6. The highest BCUT2D eigenvalue weighted by Crippen LogP contribution is 2.29. The third-order valence-corrected chi connectivity index (χ3v) is 4.22. The van der Waals surface area contributed by atoms with Gasteiger partial charge in [-0.05, 0) is 41.1 Å². The van der Waals surface area contributed by atoms with E-state index in [1.54, 1.807) is 11.8 Å². The Morgan fingerprint density at radius 3 is 2.77 bits per heavy atom. The van der Waals surface area contributed by atoms with E-state index in [0.29, 0.717) is 42.2 Å². The molecular formula is C18H20ClN5O2. The highest BCUT2D eigenvalue weighted by Gasteiger charge is 2.09. The predicted molar refractivity (Wildman–Crippen MR) is 99.6 cm³/mol. The van der Waals surface area contributed by atoms with Gasteiger partial charge >= 0.3 is 0 Å². The standard InChI is InChI=1S/C18H20ClN5O2/c1-3-24-18(21-22-23-24)20-11-13-8-9-16(17(10-13)25-2)26-12-14-6-4-5-7-15(14)19/h4-10H,3,11-12H2,1-2H3,(H,20,21,23). The number of hydrogen-bond donors (Lipinski definition) is 1. The van der Waals surface area contributed by atoms with Gasteiger partial charge in [0.05, 0.1) is 7.11 Å². The second-order valence-corrected chi connectivity index (χ2v) is 5.94. The zero-order valence-corrected chi connectivity index (χ0v) is 15.4. The summed E-state index contributed by atoms with van der Waals surface area (Å²) in [6, 6.07) is 13.4. The normalized spacial score (nSPS) is 10.6. The fraction of sp³-hybridized carbons (Fsp3) is 0.278. The Bertz CT molecular complexity index is 868. The van der Waals surface area contributed by atoms with Gasteiger partial charge in [-0.1, -0.05) is 41.0 Å². The van der Waals surface area contributed by atoms with Crippen molar-refractivity contribution >= 4 is 17.5 Å². The SMILES string of the molecule is CCn1nnnc1NCc1ccc(OCc2ccccc2Cl)c(OC)c1. The van der Waals surface area contributed by atoms with Gasteiger partial charge in [0.25, 0.3) is 0 Å². The van der Waals surface area contributed by atoms with Gasteiger partial charge in [0.15, 0.2) is 11.5 Å². The van der Waals surface area contributed by atoms with E-state index in [2.05, 4.69) is 20.8 Å². The molecule has 2 aromatic carbocycles. The molecule has 0 aliphatic heterocycles. The van der Waals surface area contributed by atoms with Gasteiger partial charge in [-0.2, -0.15) is 0 Å².